The fourth-order valence-corrected chi connectivity index (χ4v) is 3.52. The highest BCUT2D eigenvalue weighted by Crippen LogP contribution is 2.32. The summed E-state index contributed by atoms with van der Waals surface area (Å²) in [7, 11) is 1.80. The van der Waals surface area contributed by atoms with E-state index in [2.05, 4.69) is 22.9 Å². The summed E-state index contributed by atoms with van der Waals surface area (Å²) in [4.78, 5) is 17.4. The number of rotatable bonds is 1. The Labute approximate surface area is 125 Å². The Morgan fingerprint density at radius 3 is 2.85 bits per heavy atom. The molecule has 1 aromatic heterocycles. The summed E-state index contributed by atoms with van der Waals surface area (Å²) < 4.78 is 8.04. The van der Waals surface area contributed by atoms with Gasteiger partial charge in [0.15, 0.2) is 0 Å². The second-order valence-corrected chi connectivity index (χ2v) is 6.66. The van der Waals surface area contributed by atoms with Gasteiger partial charge in [-0.05, 0) is 47.0 Å². The Morgan fingerprint density at radius 2 is 2.20 bits per heavy atom. The maximum atomic E-state index is 12.6. The van der Waals surface area contributed by atoms with E-state index in [0.29, 0.717) is 12.0 Å². The zero-order valence-electron chi connectivity index (χ0n) is 11.9. The third-order valence-corrected chi connectivity index (χ3v) is 4.64. The van der Waals surface area contributed by atoms with Crippen molar-refractivity contribution in [2.24, 2.45) is 7.05 Å². The van der Waals surface area contributed by atoms with Crippen LogP contribution in [0.4, 0.5) is 0 Å². The van der Waals surface area contributed by atoms with Crippen LogP contribution in [0.5, 0.6) is 0 Å². The van der Waals surface area contributed by atoms with Gasteiger partial charge in [-0.3, -0.25) is 9.36 Å². The number of nitrogens with zero attached hydrogens (tertiary/aromatic N) is 2. The second-order valence-electron chi connectivity index (χ2n) is 5.81. The number of hydrogen-bond acceptors (Lipinski definition) is 3. The largest absolute Gasteiger partial charge is 0.380 e. The van der Waals surface area contributed by atoms with E-state index in [4.69, 9.17) is 9.72 Å². The van der Waals surface area contributed by atoms with Crippen molar-refractivity contribution in [3.8, 4) is 0 Å². The Kier molecular flexibility index (Phi) is 3.21. The first-order chi connectivity index (χ1) is 9.42. The summed E-state index contributed by atoms with van der Waals surface area (Å²) in [6.45, 7) is 5.42. The molecule has 0 amide bonds. The lowest BCUT2D eigenvalue weighted by Gasteiger charge is -2.24. The van der Waals surface area contributed by atoms with Crippen LogP contribution in [0.15, 0.2) is 21.4 Å². The van der Waals surface area contributed by atoms with Gasteiger partial charge in [-0.15, -0.1) is 0 Å². The molecule has 1 unspecified atom stereocenters. The van der Waals surface area contributed by atoms with Crippen LogP contribution in [0, 0.1) is 6.92 Å². The molecule has 1 atom stereocenters. The maximum Gasteiger partial charge on any atom is 0.261 e. The van der Waals surface area contributed by atoms with Gasteiger partial charge in [0.1, 0.15) is 5.82 Å². The highest BCUT2D eigenvalue weighted by molar-refractivity contribution is 9.10. The van der Waals surface area contributed by atoms with E-state index in [0.717, 1.165) is 34.4 Å². The van der Waals surface area contributed by atoms with E-state index in [-0.39, 0.29) is 11.0 Å². The van der Waals surface area contributed by atoms with Gasteiger partial charge in [0.2, 0.25) is 0 Å². The number of hydrogen-bond donors (Lipinski definition) is 0. The monoisotopic (exact) mass is 336 g/mol. The minimum atomic E-state index is -0.188. The summed E-state index contributed by atoms with van der Waals surface area (Å²) >= 11 is 3.52. The van der Waals surface area contributed by atoms with Gasteiger partial charge in [-0.25, -0.2) is 4.98 Å². The lowest BCUT2D eigenvalue weighted by Crippen LogP contribution is -2.33. The Hall–Kier alpha value is -1.20. The summed E-state index contributed by atoms with van der Waals surface area (Å²) in [6, 6.07) is 3.89. The molecule has 0 saturated carbocycles. The Morgan fingerprint density at radius 1 is 1.45 bits per heavy atom. The lowest BCUT2D eigenvalue weighted by atomic mass is 9.88. The molecule has 3 rings (SSSR count). The summed E-state index contributed by atoms with van der Waals surface area (Å²) in [5.41, 5.74) is 1.60. The van der Waals surface area contributed by atoms with Gasteiger partial charge < -0.3 is 4.74 Å². The summed E-state index contributed by atoms with van der Waals surface area (Å²) in [5, 5.41) is 0.658. The van der Waals surface area contributed by atoms with Gasteiger partial charge in [0.05, 0.1) is 22.9 Å². The third kappa shape index (κ3) is 2.00. The van der Waals surface area contributed by atoms with E-state index < -0.39 is 0 Å². The topological polar surface area (TPSA) is 44.1 Å². The van der Waals surface area contributed by atoms with Crippen LogP contribution in [-0.4, -0.2) is 22.8 Å². The van der Waals surface area contributed by atoms with Gasteiger partial charge in [0, 0.05) is 18.1 Å². The molecule has 1 saturated heterocycles. The molecular weight excluding hydrogens is 320 g/mol. The van der Waals surface area contributed by atoms with Gasteiger partial charge in [-0.1, -0.05) is 6.92 Å². The number of aromatic nitrogens is 2. The van der Waals surface area contributed by atoms with E-state index in [9.17, 15) is 4.79 Å². The van der Waals surface area contributed by atoms with Crippen LogP contribution in [-0.2, 0) is 17.2 Å². The molecule has 1 aromatic carbocycles. The van der Waals surface area contributed by atoms with Crippen LogP contribution >= 0.6 is 15.9 Å². The SMILES string of the molecule is Cc1cc(Br)c2nc(C3(C)CCOC3)n(C)c(=O)c2c1. The van der Waals surface area contributed by atoms with Crippen molar-refractivity contribution in [3.05, 3.63) is 38.3 Å². The zero-order chi connectivity index (χ0) is 14.5. The average molecular weight is 337 g/mol. The summed E-state index contributed by atoms with van der Waals surface area (Å²) in [6.07, 6.45) is 0.891. The number of halogens is 1. The minimum Gasteiger partial charge on any atom is -0.380 e. The van der Waals surface area contributed by atoms with E-state index in [1.54, 1.807) is 11.6 Å². The molecule has 106 valence electrons. The molecule has 1 aliphatic heterocycles. The van der Waals surface area contributed by atoms with Gasteiger partial charge in [0.25, 0.3) is 5.56 Å². The molecule has 2 aromatic rings. The van der Waals surface area contributed by atoms with Crippen molar-refractivity contribution < 1.29 is 4.74 Å². The van der Waals surface area contributed by atoms with Crippen molar-refractivity contribution in [1.82, 2.24) is 9.55 Å². The third-order valence-electron chi connectivity index (χ3n) is 4.04. The number of ether oxygens (including phenoxy) is 1. The highest BCUT2D eigenvalue weighted by Gasteiger charge is 2.36. The smallest absolute Gasteiger partial charge is 0.261 e. The molecule has 20 heavy (non-hydrogen) atoms. The van der Waals surface area contributed by atoms with Crippen LogP contribution in [0.1, 0.15) is 24.7 Å². The number of benzene rings is 1. The number of fused-ring (bicyclic) bond motifs is 1. The lowest BCUT2D eigenvalue weighted by molar-refractivity contribution is 0.178. The van der Waals surface area contributed by atoms with E-state index in [1.165, 1.54) is 0 Å². The van der Waals surface area contributed by atoms with E-state index in [1.807, 2.05) is 19.1 Å². The first kappa shape index (κ1) is 13.8. The van der Waals surface area contributed by atoms with Crippen LogP contribution in [0.3, 0.4) is 0 Å². The quantitative estimate of drug-likeness (QED) is 0.804. The molecule has 0 spiro atoms. The molecule has 0 radical (unpaired) electrons. The molecular formula is C15H17BrN2O2. The predicted molar refractivity (Wildman–Crippen MR) is 82.2 cm³/mol. The average Bonchev–Trinajstić information content (AvgIpc) is 2.82. The molecule has 0 aliphatic carbocycles. The maximum absolute atomic E-state index is 12.6. The molecule has 0 N–H and O–H groups in total. The fourth-order valence-electron chi connectivity index (χ4n) is 2.85. The van der Waals surface area contributed by atoms with Crippen LogP contribution in [0.25, 0.3) is 10.9 Å². The van der Waals surface area contributed by atoms with E-state index >= 15 is 0 Å². The van der Waals surface area contributed by atoms with Crippen molar-refractivity contribution in [3.63, 3.8) is 0 Å². The van der Waals surface area contributed by atoms with Crippen molar-refractivity contribution >= 4 is 26.8 Å². The van der Waals surface area contributed by atoms with Crippen molar-refractivity contribution in [2.75, 3.05) is 13.2 Å². The molecule has 5 heteroatoms. The predicted octanol–water partition coefficient (Wildman–Crippen LogP) is 2.68. The van der Waals surface area contributed by atoms with Crippen LogP contribution < -0.4 is 5.56 Å². The first-order valence-corrected chi connectivity index (χ1v) is 7.47. The first-order valence-electron chi connectivity index (χ1n) is 6.67. The van der Waals surface area contributed by atoms with Crippen LogP contribution in [0.2, 0.25) is 0 Å². The molecule has 0 bridgehead atoms. The van der Waals surface area contributed by atoms with Crippen molar-refractivity contribution in [1.29, 1.82) is 0 Å². The van der Waals surface area contributed by atoms with Gasteiger partial charge in [-0.2, -0.15) is 0 Å². The van der Waals surface area contributed by atoms with Gasteiger partial charge >= 0.3 is 0 Å². The summed E-state index contributed by atoms with van der Waals surface area (Å²) in [5.74, 6) is 0.803. The molecule has 1 aliphatic rings. The normalized spacial score (nSPS) is 22.6. The van der Waals surface area contributed by atoms with Crippen molar-refractivity contribution in [2.45, 2.75) is 25.7 Å². The fraction of sp³-hybridized carbons (Fsp3) is 0.467. The standard InChI is InChI=1S/C15H17BrN2O2/c1-9-6-10-12(11(16)7-9)17-14(18(3)13(10)19)15(2)4-5-20-8-15/h6-7H,4-5,8H2,1-3H3. The second kappa shape index (κ2) is 4.67. The minimum absolute atomic E-state index is 0.00234. The Bertz CT molecular complexity index is 746. The molecule has 1 fully saturated rings. The molecule has 2 heterocycles. The Balaban J connectivity index is 2.36. The number of aryl methyl sites for hydroxylation is 1. The zero-order valence-corrected chi connectivity index (χ0v) is 13.5. The highest BCUT2D eigenvalue weighted by atomic mass is 79.9. The molecule has 4 nitrogen and oxygen atoms in total.